The molecule has 0 bridgehead atoms. The minimum Gasteiger partial charge on any atom is -0.480 e. The summed E-state index contributed by atoms with van der Waals surface area (Å²) in [6.07, 6.45) is -4.55. The molecular formula is C12H13BrF3NO2. The molecule has 1 rings (SSSR count). The van der Waals surface area contributed by atoms with Crippen LogP contribution in [0.15, 0.2) is 22.7 Å². The molecule has 0 spiro atoms. The number of halogens is 4. The van der Waals surface area contributed by atoms with Gasteiger partial charge in [-0.05, 0) is 24.1 Å². The molecule has 0 fully saturated rings. The van der Waals surface area contributed by atoms with Gasteiger partial charge in [-0.15, -0.1) is 0 Å². The van der Waals surface area contributed by atoms with Crippen LogP contribution < -0.4 is 5.32 Å². The highest BCUT2D eigenvalue weighted by molar-refractivity contribution is 9.10. The highest BCUT2D eigenvalue weighted by atomic mass is 79.9. The summed E-state index contributed by atoms with van der Waals surface area (Å²) in [6.45, 7) is 3.25. The topological polar surface area (TPSA) is 49.3 Å². The van der Waals surface area contributed by atoms with Crippen molar-refractivity contribution in [3.63, 3.8) is 0 Å². The van der Waals surface area contributed by atoms with Gasteiger partial charge in [-0.25, -0.2) is 4.79 Å². The fourth-order valence-corrected chi connectivity index (χ4v) is 1.92. The lowest BCUT2D eigenvalue weighted by Crippen LogP contribution is -2.35. The van der Waals surface area contributed by atoms with Crippen molar-refractivity contribution in [3.8, 4) is 0 Å². The SMILES string of the molecule is CC(C)C(Nc1ccc(Br)cc1C(F)(F)F)C(=O)O. The Balaban J connectivity index is 3.17. The number of hydrogen-bond donors (Lipinski definition) is 2. The van der Waals surface area contributed by atoms with E-state index in [0.29, 0.717) is 0 Å². The zero-order valence-corrected chi connectivity index (χ0v) is 11.8. The molecule has 1 atom stereocenters. The lowest BCUT2D eigenvalue weighted by atomic mass is 10.0. The molecule has 3 nitrogen and oxygen atoms in total. The van der Waals surface area contributed by atoms with Gasteiger partial charge in [0.05, 0.1) is 5.56 Å². The zero-order valence-electron chi connectivity index (χ0n) is 10.3. The third-order valence-corrected chi connectivity index (χ3v) is 3.02. The summed E-state index contributed by atoms with van der Waals surface area (Å²) in [5.74, 6) is -1.53. The van der Waals surface area contributed by atoms with Crippen LogP contribution in [0.4, 0.5) is 18.9 Å². The zero-order chi connectivity index (χ0) is 14.8. The fourth-order valence-electron chi connectivity index (χ4n) is 1.56. The summed E-state index contributed by atoms with van der Waals surface area (Å²) in [6, 6.07) is 2.48. The van der Waals surface area contributed by atoms with Gasteiger partial charge in [-0.3, -0.25) is 0 Å². The van der Waals surface area contributed by atoms with Crippen molar-refractivity contribution in [3.05, 3.63) is 28.2 Å². The van der Waals surface area contributed by atoms with Crippen LogP contribution in [0, 0.1) is 5.92 Å². The second kappa shape index (κ2) is 5.81. The van der Waals surface area contributed by atoms with Crippen LogP contribution in [0.5, 0.6) is 0 Å². The van der Waals surface area contributed by atoms with Gasteiger partial charge in [-0.1, -0.05) is 29.8 Å². The Labute approximate surface area is 116 Å². The first kappa shape index (κ1) is 15.8. The summed E-state index contributed by atoms with van der Waals surface area (Å²) in [5.41, 5.74) is -1.13. The van der Waals surface area contributed by atoms with E-state index in [4.69, 9.17) is 5.11 Å². The van der Waals surface area contributed by atoms with Crippen LogP contribution in [-0.2, 0) is 11.0 Å². The standard InChI is InChI=1S/C12H13BrF3NO2/c1-6(2)10(11(18)19)17-9-4-3-7(13)5-8(9)12(14,15)16/h3-6,10,17H,1-2H3,(H,18,19). The molecule has 0 aliphatic rings. The van der Waals surface area contributed by atoms with E-state index in [0.717, 1.165) is 6.07 Å². The van der Waals surface area contributed by atoms with E-state index in [1.165, 1.54) is 12.1 Å². The molecule has 0 heterocycles. The van der Waals surface area contributed by atoms with Gasteiger partial charge in [0.25, 0.3) is 0 Å². The predicted octanol–water partition coefficient (Wildman–Crippen LogP) is 3.99. The van der Waals surface area contributed by atoms with Crippen LogP contribution in [0.2, 0.25) is 0 Å². The van der Waals surface area contributed by atoms with E-state index in [2.05, 4.69) is 21.2 Å². The van der Waals surface area contributed by atoms with E-state index in [-0.39, 0.29) is 16.1 Å². The number of carbonyl (C=O) groups is 1. The van der Waals surface area contributed by atoms with E-state index in [9.17, 15) is 18.0 Å². The average molecular weight is 340 g/mol. The largest absolute Gasteiger partial charge is 0.480 e. The van der Waals surface area contributed by atoms with Crippen molar-refractivity contribution in [2.45, 2.75) is 26.1 Å². The first-order chi connectivity index (χ1) is 8.62. The maximum absolute atomic E-state index is 12.9. The first-order valence-corrected chi connectivity index (χ1v) is 6.28. The van der Waals surface area contributed by atoms with Gasteiger partial charge in [0, 0.05) is 10.2 Å². The number of anilines is 1. The summed E-state index contributed by atoms with van der Waals surface area (Å²) < 4.78 is 38.9. The highest BCUT2D eigenvalue weighted by Crippen LogP contribution is 2.37. The number of nitrogens with one attached hydrogen (secondary N) is 1. The highest BCUT2D eigenvalue weighted by Gasteiger charge is 2.35. The number of rotatable bonds is 4. The molecule has 0 aliphatic carbocycles. The Bertz CT molecular complexity index is 475. The molecule has 0 aliphatic heterocycles. The fraction of sp³-hybridized carbons (Fsp3) is 0.417. The third-order valence-electron chi connectivity index (χ3n) is 2.53. The maximum atomic E-state index is 12.9. The van der Waals surface area contributed by atoms with Crippen molar-refractivity contribution >= 4 is 27.6 Å². The Kier molecular flexibility index (Phi) is 4.84. The van der Waals surface area contributed by atoms with Gasteiger partial charge < -0.3 is 10.4 Å². The molecule has 0 saturated heterocycles. The second-order valence-corrected chi connectivity index (χ2v) is 5.31. The number of carboxylic acids is 1. The molecule has 1 aromatic rings. The van der Waals surface area contributed by atoms with E-state index in [1.807, 2.05) is 0 Å². The van der Waals surface area contributed by atoms with E-state index >= 15 is 0 Å². The number of benzene rings is 1. The van der Waals surface area contributed by atoms with Crippen LogP contribution >= 0.6 is 15.9 Å². The minimum atomic E-state index is -4.55. The van der Waals surface area contributed by atoms with Crippen LogP contribution in [0.1, 0.15) is 19.4 Å². The number of alkyl halides is 3. The maximum Gasteiger partial charge on any atom is 0.418 e. The van der Waals surface area contributed by atoms with Gasteiger partial charge in [0.2, 0.25) is 0 Å². The first-order valence-electron chi connectivity index (χ1n) is 5.49. The van der Waals surface area contributed by atoms with Crippen molar-refractivity contribution in [2.24, 2.45) is 5.92 Å². The minimum absolute atomic E-state index is 0.239. The van der Waals surface area contributed by atoms with Crippen molar-refractivity contribution in [1.82, 2.24) is 0 Å². The summed E-state index contributed by atoms with van der Waals surface area (Å²) in [7, 11) is 0. The third kappa shape index (κ3) is 4.12. The summed E-state index contributed by atoms with van der Waals surface area (Å²) in [5, 5.41) is 11.4. The molecule has 19 heavy (non-hydrogen) atoms. The molecule has 0 saturated carbocycles. The van der Waals surface area contributed by atoms with Gasteiger partial charge in [0.15, 0.2) is 0 Å². The molecule has 2 N–H and O–H groups in total. The summed E-state index contributed by atoms with van der Waals surface area (Å²) >= 11 is 2.97. The molecule has 0 radical (unpaired) electrons. The Morgan fingerprint density at radius 2 is 1.95 bits per heavy atom. The molecule has 1 aromatic carbocycles. The lowest BCUT2D eigenvalue weighted by Gasteiger charge is -2.22. The van der Waals surface area contributed by atoms with Crippen molar-refractivity contribution < 1.29 is 23.1 Å². The number of carboxylic acid groups (broad SMARTS) is 1. The monoisotopic (exact) mass is 339 g/mol. The lowest BCUT2D eigenvalue weighted by molar-refractivity contribution is -0.140. The summed E-state index contributed by atoms with van der Waals surface area (Å²) in [4.78, 5) is 11.0. The smallest absolute Gasteiger partial charge is 0.418 e. The Morgan fingerprint density at radius 1 is 1.37 bits per heavy atom. The van der Waals surface area contributed by atoms with Crippen molar-refractivity contribution in [2.75, 3.05) is 5.32 Å². The number of hydrogen-bond acceptors (Lipinski definition) is 2. The van der Waals surface area contributed by atoms with Crippen molar-refractivity contribution in [1.29, 1.82) is 0 Å². The second-order valence-electron chi connectivity index (χ2n) is 4.39. The molecule has 0 amide bonds. The van der Waals surface area contributed by atoms with Crippen LogP contribution in [0.25, 0.3) is 0 Å². The predicted molar refractivity (Wildman–Crippen MR) is 69.0 cm³/mol. The quantitative estimate of drug-likeness (QED) is 0.871. The molecular weight excluding hydrogens is 327 g/mol. The van der Waals surface area contributed by atoms with Gasteiger partial charge in [-0.2, -0.15) is 13.2 Å². The van der Waals surface area contributed by atoms with E-state index in [1.54, 1.807) is 13.8 Å². The van der Waals surface area contributed by atoms with Gasteiger partial charge in [0.1, 0.15) is 6.04 Å². The normalized spacial score (nSPS) is 13.4. The Hall–Kier alpha value is -1.24. The Morgan fingerprint density at radius 3 is 2.37 bits per heavy atom. The molecule has 106 valence electrons. The van der Waals surface area contributed by atoms with Gasteiger partial charge >= 0.3 is 12.1 Å². The molecule has 7 heteroatoms. The number of aliphatic carboxylic acids is 1. The van der Waals surface area contributed by atoms with Crippen LogP contribution in [0.3, 0.4) is 0 Å². The van der Waals surface area contributed by atoms with E-state index < -0.39 is 23.8 Å². The molecule has 0 aromatic heterocycles. The molecule has 1 unspecified atom stereocenters. The average Bonchev–Trinajstić information content (AvgIpc) is 2.24. The van der Waals surface area contributed by atoms with Crippen LogP contribution in [-0.4, -0.2) is 17.1 Å².